The number of carbonyl (C=O) groups is 2. The molecule has 29 heavy (non-hydrogen) atoms. The van der Waals surface area contributed by atoms with Crippen molar-refractivity contribution in [2.75, 3.05) is 26.1 Å². The van der Waals surface area contributed by atoms with Gasteiger partial charge in [-0.15, -0.1) is 11.3 Å². The van der Waals surface area contributed by atoms with Crippen LogP contribution >= 0.6 is 11.3 Å². The van der Waals surface area contributed by atoms with Crippen LogP contribution in [0.2, 0.25) is 0 Å². The highest BCUT2D eigenvalue weighted by Gasteiger charge is 2.22. The van der Waals surface area contributed by atoms with Gasteiger partial charge in [-0.1, -0.05) is 12.1 Å². The zero-order valence-corrected chi connectivity index (χ0v) is 17.4. The number of esters is 2. The molecule has 3 rings (SSSR count). The van der Waals surface area contributed by atoms with Crippen LogP contribution in [0.15, 0.2) is 24.3 Å². The van der Waals surface area contributed by atoms with Crippen molar-refractivity contribution in [3.05, 3.63) is 40.5 Å². The molecule has 0 aliphatic rings. The van der Waals surface area contributed by atoms with E-state index in [2.05, 4.69) is 15.3 Å². The van der Waals surface area contributed by atoms with Gasteiger partial charge < -0.3 is 19.5 Å². The van der Waals surface area contributed by atoms with Gasteiger partial charge in [0.1, 0.15) is 33.5 Å². The van der Waals surface area contributed by atoms with Crippen LogP contribution in [0.4, 0.5) is 11.5 Å². The van der Waals surface area contributed by atoms with Crippen molar-refractivity contribution >= 4 is 45.0 Å². The van der Waals surface area contributed by atoms with E-state index >= 15 is 0 Å². The number of benzene rings is 1. The lowest BCUT2D eigenvalue weighted by Crippen LogP contribution is -2.09. The lowest BCUT2D eigenvalue weighted by molar-refractivity contribution is -0.139. The fraction of sp³-hybridized carbons (Fsp3) is 0.300. The third kappa shape index (κ3) is 4.29. The Kier molecular flexibility index (Phi) is 6.28. The highest BCUT2D eigenvalue weighted by Crippen LogP contribution is 2.37. The summed E-state index contributed by atoms with van der Waals surface area (Å²) in [6.45, 7) is 3.85. The Morgan fingerprint density at radius 1 is 1.17 bits per heavy atom. The number of hydrogen-bond donors (Lipinski definition) is 1. The minimum absolute atomic E-state index is 0.0846. The van der Waals surface area contributed by atoms with Gasteiger partial charge in [0.15, 0.2) is 0 Å². The molecule has 0 spiro atoms. The second-order valence-electron chi connectivity index (χ2n) is 6.02. The Hall–Kier alpha value is -3.20. The monoisotopic (exact) mass is 415 g/mol. The second-order valence-corrected chi connectivity index (χ2v) is 7.02. The fourth-order valence-corrected chi connectivity index (χ4v) is 3.91. The molecule has 0 aliphatic carbocycles. The molecule has 0 saturated heterocycles. The third-order valence-corrected chi connectivity index (χ3v) is 5.35. The maximum atomic E-state index is 12.3. The number of hydrogen-bond acceptors (Lipinski definition) is 9. The molecule has 0 fully saturated rings. The fourth-order valence-electron chi connectivity index (χ4n) is 2.82. The van der Waals surface area contributed by atoms with Gasteiger partial charge in [-0.25, -0.2) is 14.8 Å². The van der Waals surface area contributed by atoms with Gasteiger partial charge in [0.05, 0.1) is 31.9 Å². The van der Waals surface area contributed by atoms with E-state index in [1.807, 2.05) is 31.2 Å². The summed E-state index contributed by atoms with van der Waals surface area (Å²) in [7, 11) is 2.89. The van der Waals surface area contributed by atoms with Crippen LogP contribution in [-0.2, 0) is 20.7 Å². The Balaban J connectivity index is 2.16. The van der Waals surface area contributed by atoms with Crippen molar-refractivity contribution in [2.45, 2.75) is 20.3 Å². The van der Waals surface area contributed by atoms with Crippen LogP contribution in [0, 0.1) is 6.92 Å². The first-order valence-electron chi connectivity index (χ1n) is 8.92. The number of nitrogens with one attached hydrogen (secondary N) is 1. The number of thiophene rings is 1. The SMILES string of the molecule is CCOC(=O)c1sc2nc(CC(=O)OC)nc(Nc3ccccc3OC)c2c1C. The predicted molar refractivity (Wildman–Crippen MR) is 110 cm³/mol. The maximum absolute atomic E-state index is 12.3. The second kappa shape index (κ2) is 8.87. The smallest absolute Gasteiger partial charge is 0.348 e. The molecule has 152 valence electrons. The lowest BCUT2D eigenvalue weighted by Gasteiger charge is -2.12. The average Bonchev–Trinajstić information content (AvgIpc) is 3.05. The molecule has 0 atom stereocenters. The summed E-state index contributed by atoms with van der Waals surface area (Å²) < 4.78 is 15.3. The molecule has 0 aliphatic heterocycles. The topological polar surface area (TPSA) is 99.6 Å². The minimum Gasteiger partial charge on any atom is -0.495 e. The van der Waals surface area contributed by atoms with Crippen LogP contribution < -0.4 is 10.1 Å². The van der Waals surface area contributed by atoms with Crippen LogP contribution in [0.3, 0.4) is 0 Å². The van der Waals surface area contributed by atoms with Crippen molar-refractivity contribution < 1.29 is 23.8 Å². The number of fused-ring (bicyclic) bond motifs is 1. The van der Waals surface area contributed by atoms with Crippen molar-refractivity contribution in [3.8, 4) is 5.75 Å². The average molecular weight is 415 g/mol. The molecular formula is C20H21N3O5S. The number of methoxy groups -OCH3 is 2. The summed E-state index contributed by atoms with van der Waals surface area (Å²) >= 11 is 1.21. The third-order valence-electron chi connectivity index (χ3n) is 4.19. The number of aryl methyl sites for hydroxylation is 1. The first-order chi connectivity index (χ1) is 14.0. The first kappa shape index (κ1) is 20.5. The number of para-hydroxylation sites is 2. The van der Waals surface area contributed by atoms with Crippen molar-refractivity contribution in [1.29, 1.82) is 0 Å². The van der Waals surface area contributed by atoms with Gasteiger partial charge in [-0.3, -0.25) is 4.79 Å². The van der Waals surface area contributed by atoms with Crippen molar-refractivity contribution in [2.24, 2.45) is 0 Å². The molecular weight excluding hydrogens is 394 g/mol. The predicted octanol–water partition coefficient (Wildman–Crippen LogP) is 3.64. The molecule has 3 aromatic rings. The number of rotatable bonds is 7. The quantitative estimate of drug-likeness (QED) is 0.584. The first-order valence-corrected chi connectivity index (χ1v) is 9.74. The molecule has 8 nitrogen and oxygen atoms in total. The molecule has 2 aromatic heterocycles. The lowest BCUT2D eigenvalue weighted by atomic mass is 10.2. The molecule has 0 saturated carbocycles. The summed E-state index contributed by atoms with van der Waals surface area (Å²) in [5, 5.41) is 3.94. The summed E-state index contributed by atoms with van der Waals surface area (Å²) in [6, 6.07) is 7.39. The standard InChI is InChI=1S/C20H21N3O5S/c1-5-28-20(25)17-11(2)16-18(21-12-8-6-7-9-13(12)26-3)22-14(10-15(24)27-4)23-19(16)29-17/h6-9H,5,10H2,1-4H3,(H,21,22,23). The zero-order chi connectivity index (χ0) is 21.0. The number of carbonyl (C=O) groups excluding carboxylic acids is 2. The highest BCUT2D eigenvalue weighted by molar-refractivity contribution is 7.20. The molecule has 0 amide bonds. The van der Waals surface area contributed by atoms with Gasteiger partial charge in [0.2, 0.25) is 0 Å². The van der Waals surface area contributed by atoms with Crippen molar-refractivity contribution in [3.63, 3.8) is 0 Å². The molecule has 0 unspecified atom stereocenters. The van der Waals surface area contributed by atoms with Crippen LogP contribution in [0.25, 0.3) is 10.2 Å². The Morgan fingerprint density at radius 3 is 2.62 bits per heavy atom. The van der Waals surface area contributed by atoms with Gasteiger partial charge >= 0.3 is 11.9 Å². The Morgan fingerprint density at radius 2 is 1.93 bits per heavy atom. The molecule has 1 N–H and O–H groups in total. The van der Waals surface area contributed by atoms with E-state index in [0.29, 0.717) is 43.7 Å². The largest absolute Gasteiger partial charge is 0.495 e. The summed E-state index contributed by atoms with van der Waals surface area (Å²) in [5.74, 6) is 0.533. The number of aromatic nitrogens is 2. The molecule has 0 radical (unpaired) electrons. The van der Waals surface area contributed by atoms with E-state index in [1.165, 1.54) is 18.4 Å². The van der Waals surface area contributed by atoms with Gasteiger partial charge in [-0.2, -0.15) is 0 Å². The summed E-state index contributed by atoms with van der Waals surface area (Å²) in [6.07, 6.45) is -0.0846. The van der Waals surface area contributed by atoms with E-state index in [1.54, 1.807) is 14.0 Å². The normalized spacial score (nSPS) is 10.6. The number of nitrogens with zero attached hydrogens (tertiary/aromatic N) is 2. The van der Waals surface area contributed by atoms with Crippen molar-refractivity contribution in [1.82, 2.24) is 9.97 Å². The number of ether oxygens (including phenoxy) is 3. The van der Waals surface area contributed by atoms with E-state index in [-0.39, 0.29) is 13.0 Å². The molecule has 9 heteroatoms. The van der Waals surface area contributed by atoms with Crippen LogP contribution in [0.5, 0.6) is 5.75 Å². The number of anilines is 2. The van der Waals surface area contributed by atoms with Gasteiger partial charge in [0.25, 0.3) is 0 Å². The zero-order valence-electron chi connectivity index (χ0n) is 16.6. The molecule has 2 heterocycles. The maximum Gasteiger partial charge on any atom is 0.348 e. The van der Waals surface area contributed by atoms with E-state index < -0.39 is 11.9 Å². The van der Waals surface area contributed by atoms with Gasteiger partial charge in [0, 0.05) is 0 Å². The van der Waals surface area contributed by atoms with Crippen LogP contribution in [-0.4, -0.2) is 42.7 Å². The molecule has 0 bridgehead atoms. The van der Waals surface area contributed by atoms with Gasteiger partial charge in [-0.05, 0) is 31.5 Å². The Labute approximate surface area is 171 Å². The Bertz CT molecular complexity index is 1060. The summed E-state index contributed by atoms with van der Waals surface area (Å²) in [4.78, 5) is 34.1. The van der Waals surface area contributed by atoms with E-state index in [4.69, 9.17) is 14.2 Å². The minimum atomic E-state index is -0.452. The van der Waals surface area contributed by atoms with E-state index in [9.17, 15) is 9.59 Å². The summed E-state index contributed by atoms with van der Waals surface area (Å²) in [5.41, 5.74) is 1.41. The van der Waals surface area contributed by atoms with E-state index in [0.717, 1.165) is 0 Å². The highest BCUT2D eigenvalue weighted by atomic mass is 32.1. The molecule has 1 aromatic carbocycles. The van der Waals surface area contributed by atoms with Crippen LogP contribution in [0.1, 0.15) is 28.0 Å².